The second kappa shape index (κ2) is 15.4. The number of methoxy groups -OCH3 is 1. The Morgan fingerprint density at radius 3 is 2.47 bits per heavy atom. The summed E-state index contributed by atoms with van der Waals surface area (Å²) in [5.74, 6) is -1.55. The van der Waals surface area contributed by atoms with E-state index in [0.717, 1.165) is 57.7 Å². The number of ether oxygens (including phenoxy) is 2. The zero-order valence-electron chi connectivity index (χ0n) is 25.8. The van der Waals surface area contributed by atoms with Crippen molar-refractivity contribution < 1.29 is 40.2 Å². The molecule has 0 bridgehead atoms. The predicted octanol–water partition coefficient (Wildman–Crippen LogP) is 5.69. The standard InChI is InChI=1S/C32H41F4N3O5S/c1-21(15-23-8-10-25(33)17-28(23)34)18-39(31(40)24-9-13-29(44-32(35)36)30(16-24)43-2)20-27-5-4-14-38(27)19-22-6-11-26(12-7-22)37-45(3,41)42/h8-10,13,15-17,22,26-27,32,37H,4-7,11-12,14,18-20H2,1-3H3/b21-15+/t22?,26?,27-/m0/s1. The van der Waals surface area contributed by atoms with Gasteiger partial charge in [0.15, 0.2) is 11.5 Å². The fourth-order valence-electron chi connectivity index (χ4n) is 6.32. The molecule has 2 fully saturated rings. The first-order chi connectivity index (χ1) is 21.3. The Morgan fingerprint density at radius 1 is 1.09 bits per heavy atom. The Balaban J connectivity index is 1.52. The molecule has 1 aliphatic heterocycles. The van der Waals surface area contributed by atoms with Gasteiger partial charge in [-0.05, 0) is 88.2 Å². The van der Waals surface area contributed by atoms with Crippen LogP contribution in [0, 0.1) is 17.6 Å². The zero-order valence-corrected chi connectivity index (χ0v) is 26.6. The summed E-state index contributed by atoms with van der Waals surface area (Å²) in [6, 6.07) is 7.36. The van der Waals surface area contributed by atoms with Gasteiger partial charge in [0.1, 0.15) is 11.6 Å². The molecule has 1 N–H and O–H groups in total. The van der Waals surface area contributed by atoms with Crippen LogP contribution in [0.25, 0.3) is 6.08 Å². The van der Waals surface area contributed by atoms with E-state index in [9.17, 15) is 30.8 Å². The van der Waals surface area contributed by atoms with Crippen molar-refractivity contribution in [1.29, 1.82) is 0 Å². The van der Waals surface area contributed by atoms with Gasteiger partial charge in [0.2, 0.25) is 10.0 Å². The summed E-state index contributed by atoms with van der Waals surface area (Å²) in [7, 11) is -1.96. The molecule has 13 heteroatoms. The highest BCUT2D eigenvalue weighted by molar-refractivity contribution is 7.88. The van der Waals surface area contributed by atoms with E-state index in [1.165, 1.54) is 43.7 Å². The molecule has 1 aliphatic carbocycles. The minimum Gasteiger partial charge on any atom is -0.493 e. The number of alkyl halides is 2. The summed E-state index contributed by atoms with van der Waals surface area (Å²) < 4.78 is 89.3. The van der Waals surface area contributed by atoms with Crippen LogP contribution in [0.5, 0.6) is 11.5 Å². The van der Waals surface area contributed by atoms with E-state index in [4.69, 9.17) is 4.74 Å². The third kappa shape index (κ3) is 10.2. The molecule has 2 aromatic rings. The van der Waals surface area contributed by atoms with Crippen molar-refractivity contribution >= 4 is 22.0 Å². The first kappa shape index (κ1) is 34.7. The molecule has 1 amide bonds. The number of hydrogen-bond acceptors (Lipinski definition) is 6. The highest BCUT2D eigenvalue weighted by Gasteiger charge is 2.32. The topological polar surface area (TPSA) is 88.2 Å². The van der Waals surface area contributed by atoms with Crippen LogP contribution in [0.4, 0.5) is 17.6 Å². The van der Waals surface area contributed by atoms with Crippen molar-refractivity contribution in [3.8, 4) is 11.5 Å². The number of amides is 1. The summed E-state index contributed by atoms with van der Waals surface area (Å²) >= 11 is 0. The zero-order chi connectivity index (χ0) is 32.7. The van der Waals surface area contributed by atoms with Crippen LogP contribution in [0.2, 0.25) is 0 Å². The van der Waals surface area contributed by atoms with E-state index in [1.54, 1.807) is 17.9 Å². The molecule has 8 nitrogen and oxygen atoms in total. The van der Waals surface area contributed by atoms with Gasteiger partial charge in [0.05, 0.1) is 13.4 Å². The van der Waals surface area contributed by atoms with Crippen LogP contribution in [-0.4, -0.2) is 82.4 Å². The molecule has 45 heavy (non-hydrogen) atoms. The Hall–Kier alpha value is -3.16. The van der Waals surface area contributed by atoms with Crippen LogP contribution in [0.3, 0.4) is 0 Å². The number of nitrogens with one attached hydrogen (secondary N) is 1. The summed E-state index contributed by atoms with van der Waals surface area (Å²) in [4.78, 5) is 18.0. The van der Waals surface area contributed by atoms with E-state index in [1.807, 2.05) is 0 Å². The molecule has 2 aromatic carbocycles. The van der Waals surface area contributed by atoms with Crippen LogP contribution in [0.15, 0.2) is 42.0 Å². The van der Waals surface area contributed by atoms with Crippen molar-refractivity contribution in [1.82, 2.24) is 14.5 Å². The summed E-state index contributed by atoms with van der Waals surface area (Å²) in [5, 5.41) is 0. The average molecular weight is 656 g/mol. The van der Waals surface area contributed by atoms with Gasteiger partial charge >= 0.3 is 6.61 Å². The number of likely N-dealkylation sites (tertiary alicyclic amines) is 1. The predicted molar refractivity (Wildman–Crippen MR) is 164 cm³/mol. The smallest absolute Gasteiger partial charge is 0.387 e. The van der Waals surface area contributed by atoms with E-state index in [-0.39, 0.29) is 47.2 Å². The number of carbonyl (C=O) groups excluding carboxylic acids is 1. The molecule has 248 valence electrons. The number of sulfonamides is 1. The monoisotopic (exact) mass is 655 g/mol. The molecule has 0 unspecified atom stereocenters. The van der Waals surface area contributed by atoms with E-state index in [0.29, 0.717) is 18.0 Å². The normalized spacial score (nSPS) is 21.2. The van der Waals surface area contributed by atoms with Crippen molar-refractivity contribution in [2.45, 2.75) is 64.1 Å². The number of nitrogens with zero attached hydrogens (tertiary/aromatic N) is 2. The van der Waals surface area contributed by atoms with Gasteiger partial charge in [0.25, 0.3) is 5.91 Å². The number of hydrogen-bond donors (Lipinski definition) is 1. The van der Waals surface area contributed by atoms with Gasteiger partial charge in [0, 0.05) is 48.9 Å². The number of benzene rings is 2. The maximum atomic E-state index is 14.4. The lowest BCUT2D eigenvalue weighted by atomic mass is 9.86. The van der Waals surface area contributed by atoms with E-state index >= 15 is 0 Å². The summed E-state index contributed by atoms with van der Waals surface area (Å²) in [6.45, 7) is 0.936. The van der Waals surface area contributed by atoms with Gasteiger partial charge in [-0.1, -0.05) is 11.6 Å². The molecule has 1 saturated heterocycles. The maximum Gasteiger partial charge on any atom is 0.387 e. The fourth-order valence-corrected chi connectivity index (χ4v) is 7.16. The Kier molecular flexibility index (Phi) is 11.9. The molecular formula is C32H41F4N3O5S. The molecule has 0 radical (unpaired) electrons. The molecule has 0 aromatic heterocycles. The quantitative estimate of drug-likeness (QED) is 0.279. The summed E-state index contributed by atoms with van der Waals surface area (Å²) in [6.07, 6.45) is 7.93. The Labute approximate surface area is 262 Å². The second-order valence-electron chi connectivity index (χ2n) is 12.0. The van der Waals surface area contributed by atoms with Gasteiger partial charge in [-0.15, -0.1) is 0 Å². The van der Waals surface area contributed by atoms with E-state index < -0.39 is 28.3 Å². The van der Waals surface area contributed by atoms with Gasteiger partial charge in [-0.2, -0.15) is 8.78 Å². The van der Waals surface area contributed by atoms with Crippen LogP contribution in [-0.2, 0) is 10.0 Å². The lowest BCUT2D eigenvalue weighted by Gasteiger charge is -2.35. The lowest BCUT2D eigenvalue weighted by Crippen LogP contribution is -2.46. The first-order valence-electron chi connectivity index (χ1n) is 15.1. The Morgan fingerprint density at radius 2 is 1.82 bits per heavy atom. The number of halogens is 4. The lowest BCUT2D eigenvalue weighted by molar-refractivity contribution is -0.0512. The summed E-state index contributed by atoms with van der Waals surface area (Å²) in [5.41, 5.74) is 1.08. The largest absolute Gasteiger partial charge is 0.493 e. The third-order valence-corrected chi connectivity index (χ3v) is 9.13. The Bertz CT molecular complexity index is 1460. The van der Waals surface area contributed by atoms with Crippen LogP contribution in [0.1, 0.15) is 61.4 Å². The van der Waals surface area contributed by atoms with E-state index in [2.05, 4.69) is 14.4 Å². The molecule has 2 aliphatic rings. The maximum absolute atomic E-state index is 14.4. The third-order valence-electron chi connectivity index (χ3n) is 8.37. The molecule has 1 saturated carbocycles. The average Bonchev–Trinajstić information content (AvgIpc) is 3.40. The molecule has 1 heterocycles. The van der Waals surface area contributed by atoms with Crippen molar-refractivity contribution in [3.63, 3.8) is 0 Å². The van der Waals surface area contributed by atoms with Crippen LogP contribution < -0.4 is 14.2 Å². The van der Waals surface area contributed by atoms with Crippen molar-refractivity contribution in [2.24, 2.45) is 5.92 Å². The SMILES string of the molecule is COc1cc(C(=O)N(C/C(C)=C/c2ccc(F)cc2F)C[C@@H]2CCCN2CC2CCC(NS(C)(=O)=O)CC2)ccc1OC(F)F. The highest BCUT2D eigenvalue weighted by atomic mass is 32.2. The molecule has 1 atom stereocenters. The minimum absolute atomic E-state index is 0.00907. The van der Waals surface area contributed by atoms with Gasteiger partial charge in [-0.25, -0.2) is 21.9 Å². The molecule has 0 spiro atoms. The van der Waals surface area contributed by atoms with Crippen molar-refractivity contribution in [2.75, 3.05) is 39.5 Å². The molecular weight excluding hydrogens is 614 g/mol. The number of carbonyl (C=O) groups is 1. The van der Waals surface area contributed by atoms with Crippen molar-refractivity contribution in [3.05, 3.63) is 64.7 Å². The second-order valence-corrected chi connectivity index (χ2v) is 13.8. The fraction of sp³-hybridized carbons (Fsp3) is 0.531. The van der Waals surface area contributed by atoms with Gasteiger partial charge in [-0.3, -0.25) is 9.69 Å². The van der Waals surface area contributed by atoms with Crippen LogP contribution >= 0.6 is 0 Å². The van der Waals surface area contributed by atoms with Gasteiger partial charge < -0.3 is 14.4 Å². The number of rotatable bonds is 13. The first-order valence-corrected chi connectivity index (χ1v) is 17.0. The minimum atomic E-state index is -3.25. The molecule has 4 rings (SSSR count). The highest BCUT2D eigenvalue weighted by Crippen LogP contribution is 2.32.